The van der Waals surface area contributed by atoms with Crippen molar-refractivity contribution in [2.24, 2.45) is 0 Å². The third-order valence-electron chi connectivity index (χ3n) is 2.32. The highest BCUT2D eigenvalue weighted by atomic mass is 16.5. The summed E-state index contributed by atoms with van der Waals surface area (Å²) in [6, 6.07) is 1.62. The zero-order valence-corrected chi connectivity index (χ0v) is 9.01. The second kappa shape index (κ2) is 4.94. The van der Waals surface area contributed by atoms with E-state index in [-0.39, 0.29) is 6.10 Å². The van der Waals surface area contributed by atoms with Gasteiger partial charge in [0.05, 0.1) is 32.1 Å². The predicted octanol–water partition coefficient (Wildman–Crippen LogP) is 1.04. The molecule has 0 bridgehead atoms. The largest absolute Gasteiger partial charge is 0.486 e. The van der Waals surface area contributed by atoms with Crippen molar-refractivity contribution in [2.45, 2.75) is 12.5 Å². The maximum Gasteiger partial charge on any atom is 0.339 e. The molecule has 1 aromatic rings. The molecular formula is C11H13NO4. The number of esters is 1. The lowest BCUT2D eigenvalue weighted by Gasteiger charge is -2.11. The topological polar surface area (TPSA) is 57.7 Å². The molecule has 2 heterocycles. The molecule has 5 nitrogen and oxygen atoms in total. The molecule has 1 saturated heterocycles. The lowest BCUT2D eigenvalue weighted by molar-refractivity contribution is 0.0599. The highest BCUT2D eigenvalue weighted by molar-refractivity contribution is 5.89. The smallest absolute Gasteiger partial charge is 0.339 e. The number of aromatic nitrogens is 1. The molecule has 0 saturated carbocycles. The molecule has 1 fully saturated rings. The van der Waals surface area contributed by atoms with Gasteiger partial charge in [0, 0.05) is 12.6 Å². The normalized spacial score (nSPS) is 19.4. The number of hydrogen-bond acceptors (Lipinski definition) is 5. The van der Waals surface area contributed by atoms with Gasteiger partial charge in [-0.25, -0.2) is 4.79 Å². The van der Waals surface area contributed by atoms with Crippen molar-refractivity contribution in [3.8, 4) is 5.75 Å². The van der Waals surface area contributed by atoms with Gasteiger partial charge in [-0.05, 0) is 6.07 Å². The number of carbonyl (C=O) groups excluding carboxylic acids is 1. The average Bonchev–Trinajstić information content (AvgIpc) is 2.81. The van der Waals surface area contributed by atoms with Crippen LogP contribution in [0.1, 0.15) is 16.8 Å². The molecule has 2 rings (SSSR count). The summed E-state index contributed by atoms with van der Waals surface area (Å²) in [5.41, 5.74) is 0.388. The van der Waals surface area contributed by atoms with Crippen LogP contribution in [0.2, 0.25) is 0 Å². The van der Waals surface area contributed by atoms with Crippen LogP contribution in [0.3, 0.4) is 0 Å². The standard InChI is InChI=1S/C11H13NO4/c1-14-11(13)8-4-10(6-12-5-8)16-9-2-3-15-7-9/h4-6,9H,2-3,7H2,1H3/t9-/m1/s1. The van der Waals surface area contributed by atoms with Gasteiger partial charge in [0.1, 0.15) is 11.9 Å². The number of rotatable bonds is 3. The third-order valence-corrected chi connectivity index (χ3v) is 2.32. The van der Waals surface area contributed by atoms with Crippen LogP contribution in [0.5, 0.6) is 5.75 Å². The van der Waals surface area contributed by atoms with Crippen molar-refractivity contribution < 1.29 is 19.0 Å². The first-order valence-electron chi connectivity index (χ1n) is 5.07. The van der Waals surface area contributed by atoms with Gasteiger partial charge in [-0.3, -0.25) is 4.98 Å². The first-order valence-corrected chi connectivity index (χ1v) is 5.07. The molecule has 1 aliphatic heterocycles. The monoisotopic (exact) mass is 223 g/mol. The fourth-order valence-corrected chi connectivity index (χ4v) is 1.51. The van der Waals surface area contributed by atoms with Crippen LogP contribution in [0.4, 0.5) is 0 Å². The van der Waals surface area contributed by atoms with Crippen LogP contribution >= 0.6 is 0 Å². The molecule has 0 unspecified atom stereocenters. The fourth-order valence-electron chi connectivity index (χ4n) is 1.51. The number of methoxy groups -OCH3 is 1. The lowest BCUT2D eigenvalue weighted by Crippen LogP contribution is -2.16. The maximum atomic E-state index is 11.3. The molecule has 0 radical (unpaired) electrons. The summed E-state index contributed by atoms with van der Waals surface area (Å²) in [4.78, 5) is 15.2. The Morgan fingerprint density at radius 1 is 1.56 bits per heavy atom. The van der Waals surface area contributed by atoms with Gasteiger partial charge in [-0.15, -0.1) is 0 Å². The second-order valence-corrected chi connectivity index (χ2v) is 3.50. The maximum absolute atomic E-state index is 11.3. The molecular weight excluding hydrogens is 210 g/mol. The number of hydrogen-bond donors (Lipinski definition) is 0. The summed E-state index contributed by atoms with van der Waals surface area (Å²) >= 11 is 0. The predicted molar refractivity (Wildman–Crippen MR) is 55.4 cm³/mol. The SMILES string of the molecule is COC(=O)c1cncc(O[C@@H]2CCOC2)c1. The number of nitrogens with zero attached hydrogens (tertiary/aromatic N) is 1. The third kappa shape index (κ3) is 2.49. The highest BCUT2D eigenvalue weighted by Gasteiger charge is 2.18. The Bertz CT molecular complexity index is 374. The molecule has 16 heavy (non-hydrogen) atoms. The Labute approximate surface area is 93.3 Å². The molecule has 0 amide bonds. The average molecular weight is 223 g/mol. The van der Waals surface area contributed by atoms with E-state index in [2.05, 4.69) is 9.72 Å². The van der Waals surface area contributed by atoms with Gasteiger partial charge >= 0.3 is 5.97 Å². The Morgan fingerprint density at radius 2 is 2.44 bits per heavy atom. The van der Waals surface area contributed by atoms with E-state index in [4.69, 9.17) is 9.47 Å². The molecule has 0 N–H and O–H groups in total. The summed E-state index contributed by atoms with van der Waals surface area (Å²) in [5.74, 6) is 0.152. The Balaban J connectivity index is 2.06. The fraction of sp³-hybridized carbons (Fsp3) is 0.455. The van der Waals surface area contributed by atoms with Gasteiger partial charge < -0.3 is 14.2 Å². The van der Waals surface area contributed by atoms with Crippen molar-refractivity contribution >= 4 is 5.97 Å². The number of ether oxygens (including phenoxy) is 3. The molecule has 0 aliphatic carbocycles. The Hall–Kier alpha value is -1.62. The van der Waals surface area contributed by atoms with Crippen molar-refractivity contribution in [2.75, 3.05) is 20.3 Å². The van der Waals surface area contributed by atoms with Crippen LogP contribution in [0, 0.1) is 0 Å². The van der Waals surface area contributed by atoms with Gasteiger partial charge in [0.15, 0.2) is 0 Å². The molecule has 0 spiro atoms. The van der Waals surface area contributed by atoms with Crippen molar-refractivity contribution in [1.29, 1.82) is 0 Å². The van der Waals surface area contributed by atoms with Gasteiger partial charge in [0.2, 0.25) is 0 Å². The zero-order chi connectivity index (χ0) is 11.4. The minimum Gasteiger partial charge on any atom is -0.486 e. The quantitative estimate of drug-likeness (QED) is 0.716. The minimum atomic E-state index is -0.416. The number of carbonyl (C=O) groups is 1. The first kappa shape index (κ1) is 10.9. The van der Waals surface area contributed by atoms with E-state index in [1.165, 1.54) is 13.3 Å². The van der Waals surface area contributed by atoms with E-state index in [1.54, 1.807) is 12.3 Å². The van der Waals surface area contributed by atoms with E-state index in [1.807, 2.05) is 0 Å². The summed E-state index contributed by atoms with van der Waals surface area (Å²) in [6.45, 7) is 1.30. The minimum absolute atomic E-state index is 0.0506. The molecule has 1 atom stereocenters. The number of pyridine rings is 1. The lowest BCUT2D eigenvalue weighted by atomic mass is 10.2. The first-order chi connectivity index (χ1) is 7.79. The van der Waals surface area contributed by atoms with Crippen LogP contribution in [-0.2, 0) is 9.47 Å². The van der Waals surface area contributed by atoms with Crippen LogP contribution in [0.15, 0.2) is 18.5 Å². The van der Waals surface area contributed by atoms with Gasteiger partial charge in [0.25, 0.3) is 0 Å². The summed E-state index contributed by atoms with van der Waals surface area (Å²) < 4.78 is 15.4. The van der Waals surface area contributed by atoms with Gasteiger partial charge in [-0.1, -0.05) is 0 Å². The van der Waals surface area contributed by atoms with E-state index in [0.717, 1.165) is 13.0 Å². The highest BCUT2D eigenvalue weighted by Crippen LogP contribution is 2.17. The van der Waals surface area contributed by atoms with E-state index in [0.29, 0.717) is 17.9 Å². The van der Waals surface area contributed by atoms with Crippen LogP contribution in [-0.4, -0.2) is 37.4 Å². The molecule has 0 aromatic carbocycles. The van der Waals surface area contributed by atoms with E-state index in [9.17, 15) is 4.79 Å². The van der Waals surface area contributed by atoms with Crippen molar-refractivity contribution in [3.05, 3.63) is 24.0 Å². The Morgan fingerprint density at radius 3 is 3.12 bits per heavy atom. The molecule has 5 heteroatoms. The van der Waals surface area contributed by atoms with Crippen LogP contribution < -0.4 is 4.74 Å². The molecule has 1 aliphatic rings. The molecule has 1 aromatic heterocycles. The summed E-state index contributed by atoms with van der Waals surface area (Å²) in [5, 5.41) is 0. The van der Waals surface area contributed by atoms with Crippen LogP contribution in [0.25, 0.3) is 0 Å². The van der Waals surface area contributed by atoms with E-state index < -0.39 is 5.97 Å². The zero-order valence-electron chi connectivity index (χ0n) is 9.01. The van der Waals surface area contributed by atoms with E-state index >= 15 is 0 Å². The summed E-state index contributed by atoms with van der Waals surface area (Å²) in [6.07, 6.45) is 3.94. The van der Waals surface area contributed by atoms with Crippen molar-refractivity contribution in [3.63, 3.8) is 0 Å². The van der Waals surface area contributed by atoms with Crippen molar-refractivity contribution in [1.82, 2.24) is 4.98 Å². The molecule has 86 valence electrons. The second-order valence-electron chi connectivity index (χ2n) is 3.50. The van der Waals surface area contributed by atoms with Gasteiger partial charge in [-0.2, -0.15) is 0 Å². The Kier molecular flexibility index (Phi) is 3.36. The summed E-state index contributed by atoms with van der Waals surface area (Å²) in [7, 11) is 1.33.